The van der Waals surface area contributed by atoms with E-state index in [4.69, 9.17) is 13.1 Å². The van der Waals surface area contributed by atoms with Crippen LogP contribution in [0.25, 0.3) is 109 Å². The molecule has 11 aromatic rings. The topological polar surface area (TPSA) is 18.6 Å². The van der Waals surface area contributed by atoms with E-state index in [0.717, 1.165) is 106 Å². The molecule has 0 spiro atoms. The van der Waals surface area contributed by atoms with Crippen molar-refractivity contribution in [3.8, 4) is 55.9 Å². The second-order valence-electron chi connectivity index (χ2n) is 16.7. The van der Waals surface area contributed by atoms with Gasteiger partial charge < -0.3 is 9.13 Å². The molecule has 2 aromatic heterocycles. The second-order valence-corrected chi connectivity index (χ2v) is 16.7. The van der Waals surface area contributed by atoms with Crippen molar-refractivity contribution >= 4 is 55.0 Å². The number of rotatable bonds is 6. The molecular weight excluding hydrogens is 822 g/mol. The first-order chi connectivity index (χ1) is 32.1. The summed E-state index contributed by atoms with van der Waals surface area (Å²) in [5.41, 5.74) is 14.3. The molecule has 11 rings (SSSR count). The maximum atomic E-state index is 14.0. The molecule has 0 amide bonds. The smallest absolute Gasteiger partial charge is 0.309 e. The summed E-state index contributed by atoms with van der Waals surface area (Å²) in [5, 5.41) is 4.22. The SMILES string of the molecule is [C-]#[N+]c1ccc(-n2c3ccccc3c3cc(-c4ccccc4C)ccc32)c(-c2ccc(-c3ccc(C(F)(F)F)cc3[N+]#[C-])cc2-n2c3ccccc3c3cc(-c4ccccc4C)ccc32)c1. The van der Waals surface area contributed by atoms with E-state index < -0.39 is 11.7 Å². The lowest BCUT2D eigenvalue weighted by Crippen LogP contribution is -2.04. The lowest BCUT2D eigenvalue weighted by Gasteiger charge is -2.20. The number of halogens is 3. The van der Waals surface area contributed by atoms with Crippen molar-refractivity contribution < 1.29 is 13.2 Å². The van der Waals surface area contributed by atoms with Crippen LogP contribution in [0, 0.1) is 27.0 Å². The van der Waals surface area contributed by atoms with Gasteiger partial charge in [0, 0.05) is 32.7 Å². The van der Waals surface area contributed by atoms with E-state index in [-0.39, 0.29) is 5.69 Å². The Morgan fingerprint density at radius 1 is 0.394 bits per heavy atom. The number of para-hydroxylation sites is 2. The zero-order chi connectivity index (χ0) is 45.3. The minimum absolute atomic E-state index is 0.0975. The highest BCUT2D eigenvalue weighted by Crippen LogP contribution is 2.46. The van der Waals surface area contributed by atoms with Crippen molar-refractivity contribution in [1.82, 2.24) is 9.13 Å². The van der Waals surface area contributed by atoms with Gasteiger partial charge in [-0.3, -0.25) is 0 Å². The van der Waals surface area contributed by atoms with Crippen LogP contribution in [0.5, 0.6) is 0 Å². The van der Waals surface area contributed by atoms with Crippen LogP contribution >= 0.6 is 0 Å². The van der Waals surface area contributed by atoms with Gasteiger partial charge in [-0.1, -0.05) is 127 Å². The largest absolute Gasteiger partial charge is 0.415 e. The molecule has 0 atom stereocenters. The summed E-state index contributed by atoms with van der Waals surface area (Å²) in [7, 11) is 0. The lowest BCUT2D eigenvalue weighted by atomic mass is 9.94. The maximum Gasteiger partial charge on any atom is 0.415 e. The van der Waals surface area contributed by atoms with Crippen LogP contribution in [0.3, 0.4) is 0 Å². The number of hydrogen-bond acceptors (Lipinski definition) is 0. The molecule has 9 aromatic carbocycles. The Labute approximate surface area is 379 Å². The third-order valence-corrected chi connectivity index (χ3v) is 12.9. The molecule has 4 nitrogen and oxygen atoms in total. The van der Waals surface area contributed by atoms with Crippen molar-refractivity contribution in [3.05, 3.63) is 228 Å². The molecule has 0 radical (unpaired) electrons. The minimum Gasteiger partial charge on any atom is -0.309 e. The third-order valence-electron chi connectivity index (χ3n) is 12.9. The summed E-state index contributed by atoms with van der Waals surface area (Å²) in [6.45, 7) is 20.4. The predicted molar refractivity (Wildman–Crippen MR) is 264 cm³/mol. The molecule has 0 aliphatic heterocycles. The number of hydrogen-bond donors (Lipinski definition) is 0. The summed E-state index contributed by atoms with van der Waals surface area (Å²) in [5.74, 6) is 0. The van der Waals surface area contributed by atoms with Crippen LogP contribution in [0.2, 0.25) is 0 Å². The fourth-order valence-electron chi connectivity index (χ4n) is 9.75. The van der Waals surface area contributed by atoms with E-state index in [0.29, 0.717) is 16.8 Å². The summed E-state index contributed by atoms with van der Waals surface area (Å²) in [4.78, 5) is 7.52. The van der Waals surface area contributed by atoms with Gasteiger partial charge in [-0.15, -0.1) is 0 Å². The summed E-state index contributed by atoms with van der Waals surface area (Å²) < 4.78 is 46.4. The molecule has 2 heterocycles. The molecule has 0 aliphatic rings. The fraction of sp³-hybridized carbons (Fsp3) is 0.0508. The fourth-order valence-corrected chi connectivity index (χ4v) is 9.75. The molecule has 0 N–H and O–H groups in total. The minimum atomic E-state index is -4.60. The summed E-state index contributed by atoms with van der Waals surface area (Å²) >= 11 is 0. The summed E-state index contributed by atoms with van der Waals surface area (Å²) in [6.07, 6.45) is -4.60. The monoisotopic (exact) mass is 858 g/mol. The van der Waals surface area contributed by atoms with Gasteiger partial charge in [-0.2, -0.15) is 13.2 Å². The number of fused-ring (bicyclic) bond motifs is 6. The van der Waals surface area contributed by atoms with Crippen molar-refractivity contribution in [2.24, 2.45) is 0 Å². The van der Waals surface area contributed by atoms with Crippen LogP contribution < -0.4 is 0 Å². The standard InChI is InChI=1S/C59H37F3N4/c1-36-13-5-7-15-43(36)38-22-28-55-49(31-38)46-17-9-11-19-53(46)65(55)57-30-25-42(63-3)35-51(57)48-26-21-40(45-27-24-41(59(60,61)62)34-52(45)64-4)33-58(48)66-54-20-12-10-18-47(54)50-32-39(23-29-56(50)66)44-16-8-6-14-37(44)2/h5-35H,1-2H3. The van der Waals surface area contributed by atoms with Gasteiger partial charge in [0.1, 0.15) is 0 Å². The Hall–Kier alpha value is -8.65. The van der Waals surface area contributed by atoms with E-state index >= 15 is 0 Å². The first-order valence-corrected chi connectivity index (χ1v) is 21.6. The van der Waals surface area contributed by atoms with Gasteiger partial charge in [0.05, 0.1) is 46.6 Å². The number of aromatic nitrogens is 2. The van der Waals surface area contributed by atoms with Crippen LogP contribution in [0.15, 0.2) is 188 Å². The van der Waals surface area contributed by atoms with Crippen LogP contribution in [-0.2, 0) is 6.18 Å². The van der Waals surface area contributed by atoms with Gasteiger partial charge in [0.2, 0.25) is 0 Å². The number of nitrogens with zero attached hydrogens (tertiary/aromatic N) is 4. The molecule has 0 unspecified atom stereocenters. The van der Waals surface area contributed by atoms with E-state index in [1.165, 1.54) is 11.6 Å². The molecule has 66 heavy (non-hydrogen) atoms. The highest BCUT2D eigenvalue weighted by molar-refractivity contribution is 6.13. The highest BCUT2D eigenvalue weighted by atomic mass is 19.4. The van der Waals surface area contributed by atoms with Crippen molar-refractivity contribution in [1.29, 1.82) is 0 Å². The zero-order valence-corrected chi connectivity index (χ0v) is 35.8. The Morgan fingerprint density at radius 2 is 0.894 bits per heavy atom. The first kappa shape index (κ1) is 40.1. The number of alkyl halides is 3. The number of aryl methyl sites for hydroxylation is 2. The molecular formula is C59H37F3N4. The van der Waals surface area contributed by atoms with E-state index in [1.807, 2.05) is 72.8 Å². The Morgan fingerprint density at radius 3 is 1.45 bits per heavy atom. The predicted octanol–water partition coefficient (Wildman–Crippen LogP) is 17.3. The van der Waals surface area contributed by atoms with Crippen LogP contribution in [-0.4, -0.2) is 9.13 Å². The third kappa shape index (κ3) is 6.52. The average molecular weight is 859 g/mol. The second kappa shape index (κ2) is 15.6. The Bertz CT molecular complexity index is 3870. The zero-order valence-electron chi connectivity index (χ0n) is 35.8. The molecule has 0 bridgehead atoms. The van der Waals surface area contributed by atoms with Gasteiger partial charge >= 0.3 is 6.18 Å². The summed E-state index contributed by atoms with van der Waals surface area (Å²) in [6, 6.07) is 61.3. The van der Waals surface area contributed by atoms with Gasteiger partial charge in [-0.05, 0) is 125 Å². The van der Waals surface area contributed by atoms with Gasteiger partial charge in [-0.25, -0.2) is 9.69 Å². The Balaban J connectivity index is 1.22. The average Bonchev–Trinajstić information content (AvgIpc) is 3.85. The molecule has 0 aliphatic carbocycles. The quantitative estimate of drug-likeness (QED) is 0.148. The highest BCUT2D eigenvalue weighted by Gasteiger charge is 2.31. The normalized spacial score (nSPS) is 11.7. The van der Waals surface area contributed by atoms with E-state index in [1.54, 1.807) is 0 Å². The van der Waals surface area contributed by atoms with Crippen molar-refractivity contribution in [2.45, 2.75) is 20.0 Å². The Kier molecular flexibility index (Phi) is 9.46. The molecule has 0 fully saturated rings. The van der Waals surface area contributed by atoms with E-state index in [2.05, 4.69) is 130 Å². The lowest BCUT2D eigenvalue weighted by molar-refractivity contribution is -0.137. The molecule has 314 valence electrons. The molecule has 0 saturated heterocycles. The number of benzene rings is 9. The molecule has 0 saturated carbocycles. The van der Waals surface area contributed by atoms with Gasteiger partial charge in [0.15, 0.2) is 11.4 Å². The van der Waals surface area contributed by atoms with Crippen LogP contribution in [0.4, 0.5) is 24.5 Å². The van der Waals surface area contributed by atoms with Crippen LogP contribution in [0.1, 0.15) is 16.7 Å². The van der Waals surface area contributed by atoms with Crippen molar-refractivity contribution in [3.63, 3.8) is 0 Å². The van der Waals surface area contributed by atoms with E-state index in [9.17, 15) is 13.2 Å². The van der Waals surface area contributed by atoms with Crippen molar-refractivity contribution in [2.75, 3.05) is 0 Å². The molecule has 7 heteroatoms. The van der Waals surface area contributed by atoms with Gasteiger partial charge in [0.25, 0.3) is 0 Å². The first-order valence-electron chi connectivity index (χ1n) is 21.6. The maximum absolute atomic E-state index is 14.0.